The van der Waals surface area contributed by atoms with E-state index in [0.717, 1.165) is 12.1 Å². The van der Waals surface area contributed by atoms with Crippen molar-refractivity contribution in [3.63, 3.8) is 0 Å². The van der Waals surface area contributed by atoms with Gasteiger partial charge in [-0.05, 0) is 48.3 Å². The van der Waals surface area contributed by atoms with Gasteiger partial charge in [-0.1, -0.05) is 50.2 Å². The Morgan fingerprint density at radius 1 is 1.09 bits per heavy atom. The Morgan fingerprint density at radius 3 is 2.41 bits per heavy atom. The van der Waals surface area contributed by atoms with E-state index in [1.807, 2.05) is 36.4 Å². The van der Waals surface area contributed by atoms with E-state index in [2.05, 4.69) is 30.5 Å². The maximum absolute atomic E-state index is 12.1. The molecule has 0 aliphatic rings. The topological polar surface area (TPSA) is 41.1 Å². The molecule has 0 aliphatic carbocycles. The van der Waals surface area contributed by atoms with E-state index in [0.29, 0.717) is 16.6 Å². The van der Waals surface area contributed by atoms with Gasteiger partial charge >= 0.3 is 0 Å². The number of amides is 1. The second-order valence-electron chi connectivity index (χ2n) is 5.17. The Balaban J connectivity index is 2.05. The fourth-order valence-corrected chi connectivity index (χ4v) is 2.38. The first-order chi connectivity index (χ1) is 10.6. The lowest BCUT2D eigenvalue weighted by Crippen LogP contribution is -2.34. The van der Waals surface area contributed by atoms with Crippen LogP contribution in [0.1, 0.15) is 42.1 Å². The Hall–Kier alpha value is -2.20. The van der Waals surface area contributed by atoms with Crippen molar-refractivity contribution in [2.75, 3.05) is 5.32 Å². The zero-order valence-electron chi connectivity index (χ0n) is 12.8. The Morgan fingerprint density at radius 2 is 1.73 bits per heavy atom. The van der Waals surface area contributed by atoms with Crippen LogP contribution in [-0.4, -0.2) is 11.0 Å². The quantitative estimate of drug-likeness (QED) is 0.826. The molecule has 2 N–H and O–H groups in total. The number of anilines is 1. The van der Waals surface area contributed by atoms with E-state index in [1.165, 1.54) is 5.56 Å². The van der Waals surface area contributed by atoms with Crippen LogP contribution in [0.3, 0.4) is 0 Å². The van der Waals surface area contributed by atoms with Crippen molar-refractivity contribution in [1.29, 1.82) is 0 Å². The van der Waals surface area contributed by atoms with Gasteiger partial charge in [0.05, 0.1) is 0 Å². The number of hydrogen-bond donors (Lipinski definition) is 2. The molecule has 1 amide bonds. The molecule has 1 atom stereocenters. The molecule has 22 heavy (non-hydrogen) atoms. The van der Waals surface area contributed by atoms with Crippen molar-refractivity contribution in [3.8, 4) is 0 Å². The minimum Gasteiger partial charge on any atom is -0.332 e. The van der Waals surface area contributed by atoms with E-state index in [-0.39, 0.29) is 5.91 Å². The van der Waals surface area contributed by atoms with Gasteiger partial charge in [0.1, 0.15) is 0 Å². The van der Waals surface area contributed by atoms with Crippen LogP contribution >= 0.6 is 12.2 Å². The van der Waals surface area contributed by atoms with Gasteiger partial charge in [-0.25, -0.2) is 0 Å². The van der Waals surface area contributed by atoms with Crippen molar-refractivity contribution in [1.82, 2.24) is 5.32 Å². The van der Waals surface area contributed by atoms with Gasteiger partial charge in [-0.2, -0.15) is 0 Å². The zero-order chi connectivity index (χ0) is 15.9. The van der Waals surface area contributed by atoms with Crippen LogP contribution in [0.25, 0.3) is 0 Å². The number of thiocarbonyl (C=S) groups is 1. The molecule has 0 saturated heterocycles. The molecule has 0 aromatic heterocycles. The van der Waals surface area contributed by atoms with Crippen LogP contribution in [0.4, 0.5) is 5.69 Å². The first-order valence-corrected chi connectivity index (χ1v) is 7.79. The van der Waals surface area contributed by atoms with E-state index >= 15 is 0 Å². The molecule has 2 aromatic rings. The first kappa shape index (κ1) is 16.2. The molecule has 4 heteroatoms. The van der Waals surface area contributed by atoms with Crippen LogP contribution in [0.2, 0.25) is 0 Å². The van der Waals surface area contributed by atoms with Crippen LogP contribution in [-0.2, 0) is 0 Å². The van der Waals surface area contributed by atoms with Gasteiger partial charge in [-0.15, -0.1) is 0 Å². The molecule has 114 valence electrons. The van der Waals surface area contributed by atoms with Gasteiger partial charge in [0.25, 0.3) is 5.91 Å². The molecular weight excluding hydrogens is 292 g/mol. The molecule has 0 saturated carbocycles. The highest BCUT2D eigenvalue weighted by atomic mass is 32.1. The molecule has 0 unspecified atom stereocenters. The van der Waals surface area contributed by atoms with E-state index in [9.17, 15) is 4.79 Å². The SMILES string of the molecule is CC[C@H](C)c1ccccc1NC(=S)NC(=O)c1ccccc1. The Kier molecular flexibility index (Phi) is 5.67. The third-order valence-corrected chi connectivity index (χ3v) is 3.82. The highest BCUT2D eigenvalue weighted by molar-refractivity contribution is 7.80. The molecule has 2 aromatic carbocycles. The Labute approximate surface area is 136 Å². The Bertz CT molecular complexity index is 655. The zero-order valence-corrected chi connectivity index (χ0v) is 13.6. The standard InChI is InChI=1S/C18H20N2OS/c1-3-13(2)15-11-7-8-12-16(15)19-18(22)20-17(21)14-9-5-4-6-10-14/h4-13H,3H2,1-2H3,(H2,19,20,21,22)/t13-/m0/s1. The summed E-state index contributed by atoms with van der Waals surface area (Å²) < 4.78 is 0. The summed E-state index contributed by atoms with van der Waals surface area (Å²) in [7, 11) is 0. The van der Waals surface area contributed by atoms with Crippen molar-refractivity contribution in [3.05, 3.63) is 65.7 Å². The monoisotopic (exact) mass is 312 g/mol. The molecule has 0 heterocycles. The van der Waals surface area contributed by atoms with Crippen LogP contribution in [0.15, 0.2) is 54.6 Å². The highest BCUT2D eigenvalue weighted by Crippen LogP contribution is 2.26. The molecule has 0 radical (unpaired) electrons. The maximum atomic E-state index is 12.1. The average Bonchev–Trinajstić information content (AvgIpc) is 2.55. The summed E-state index contributed by atoms with van der Waals surface area (Å²) in [5.41, 5.74) is 2.72. The fraction of sp³-hybridized carbons (Fsp3) is 0.222. The van der Waals surface area contributed by atoms with Gasteiger partial charge in [0.2, 0.25) is 0 Å². The average molecular weight is 312 g/mol. The number of para-hydroxylation sites is 1. The smallest absolute Gasteiger partial charge is 0.257 e. The molecule has 0 spiro atoms. The summed E-state index contributed by atoms with van der Waals surface area (Å²) >= 11 is 5.25. The molecule has 0 bridgehead atoms. The number of rotatable bonds is 4. The fourth-order valence-electron chi connectivity index (χ4n) is 2.18. The van der Waals surface area contributed by atoms with Gasteiger partial charge in [0, 0.05) is 11.3 Å². The molecule has 3 nitrogen and oxygen atoms in total. The van der Waals surface area contributed by atoms with Gasteiger partial charge in [-0.3, -0.25) is 10.1 Å². The lowest BCUT2D eigenvalue weighted by Gasteiger charge is -2.17. The minimum atomic E-state index is -0.209. The normalized spacial score (nSPS) is 11.5. The van der Waals surface area contributed by atoms with Crippen molar-refractivity contribution >= 4 is 28.9 Å². The second-order valence-corrected chi connectivity index (χ2v) is 5.58. The van der Waals surface area contributed by atoms with Gasteiger partial charge in [0.15, 0.2) is 5.11 Å². The van der Waals surface area contributed by atoms with Crippen molar-refractivity contribution in [2.24, 2.45) is 0 Å². The first-order valence-electron chi connectivity index (χ1n) is 7.38. The van der Waals surface area contributed by atoms with Crippen molar-refractivity contribution in [2.45, 2.75) is 26.2 Å². The maximum Gasteiger partial charge on any atom is 0.257 e. The largest absolute Gasteiger partial charge is 0.332 e. The predicted molar refractivity (Wildman–Crippen MR) is 95.3 cm³/mol. The second kappa shape index (κ2) is 7.71. The van der Waals surface area contributed by atoms with E-state index < -0.39 is 0 Å². The predicted octanol–water partition coefficient (Wildman–Crippen LogP) is 4.33. The number of nitrogens with one attached hydrogen (secondary N) is 2. The number of hydrogen-bond acceptors (Lipinski definition) is 2. The third-order valence-electron chi connectivity index (χ3n) is 3.62. The third kappa shape index (κ3) is 4.15. The lowest BCUT2D eigenvalue weighted by atomic mass is 9.97. The summed E-state index contributed by atoms with van der Waals surface area (Å²) in [4.78, 5) is 12.1. The molecular formula is C18H20N2OS. The summed E-state index contributed by atoms with van der Waals surface area (Å²) in [6, 6.07) is 17.0. The number of benzene rings is 2. The molecule has 2 rings (SSSR count). The molecule has 0 fully saturated rings. The lowest BCUT2D eigenvalue weighted by molar-refractivity contribution is 0.0977. The van der Waals surface area contributed by atoms with Crippen molar-refractivity contribution < 1.29 is 4.79 Å². The van der Waals surface area contributed by atoms with E-state index in [4.69, 9.17) is 12.2 Å². The van der Waals surface area contributed by atoms with E-state index in [1.54, 1.807) is 12.1 Å². The van der Waals surface area contributed by atoms with Crippen LogP contribution in [0, 0.1) is 0 Å². The highest BCUT2D eigenvalue weighted by Gasteiger charge is 2.11. The van der Waals surface area contributed by atoms with Gasteiger partial charge < -0.3 is 5.32 Å². The van der Waals surface area contributed by atoms with Crippen LogP contribution in [0.5, 0.6) is 0 Å². The summed E-state index contributed by atoms with van der Waals surface area (Å²) in [5.74, 6) is 0.218. The summed E-state index contributed by atoms with van der Waals surface area (Å²) in [6.45, 7) is 4.32. The number of carbonyl (C=O) groups is 1. The molecule has 0 aliphatic heterocycles. The number of carbonyl (C=O) groups excluding carboxylic acids is 1. The summed E-state index contributed by atoms with van der Waals surface area (Å²) in [6.07, 6.45) is 1.04. The van der Waals surface area contributed by atoms with Crippen LogP contribution < -0.4 is 10.6 Å². The minimum absolute atomic E-state index is 0.209. The summed E-state index contributed by atoms with van der Waals surface area (Å²) in [5, 5.41) is 6.15.